The summed E-state index contributed by atoms with van der Waals surface area (Å²) in [6.07, 6.45) is 4.88. The summed E-state index contributed by atoms with van der Waals surface area (Å²) in [6.45, 7) is 2.61. The Kier molecular flexibility index (Phi) is 3.74. The van der Waals surface area contributed by atoms with Crippen molar-refractivity contribution in [2.45, 2.75) is 25.9 Å². The first-order chi connectivity index (χ1) is 11.7. The van der Waals surface area contributed by atoms with Gasteiger partial charge >= 0.3 is 0 Å². The predicted octanol–water partition coefficient (Wildman–Crippen LogP) is 3.05. The second-order valence-electron chi connectivity index (χ2n) is 6.02. The Balaban J connectivity index is 1.60. The number of aromatic amines is 1. The summed E-state index contributed by atoms with van der Waals surface area (Å²) in [5.74, 6) is 0.401. The Hall–Kier alpha value is -2.73. The summed E-state index contributed by atoms with van der Waals surface area (Å²) < 4.78 is 5.39. The van der Waals surface area contributed by atoms with Crippen LogP contribution in [0, 0.1) is 6.92 Å². The highest BCUT2D eigenvalue weighted by Gasteiger charge is 2.23. The molecule has 4 heterocycles. The van der Waals surface area contributed by atoms with Gasteiger partial charge in [0.25, 0.3) is 5.91 Å². The maximum absolute atomic E-state index is 12.1. The average Bonchev–Trinajstić information content (AvgIpc) is 3.24. The van der Waals surface area contributed by atoms with Crippen LogP contribution >= 0.6 is 0 Å². The quantitative estimate of drug-likeness (QED) is 0.776. The van der Waals surface area contributed by atoms with Gasteiger partial charge in [0, 0.05) is 47.4 Å². The third-order valence-corrected chi connectivity index (χ3v) is 4.19. The highest BCUT2D eigenvalue weighted by Crippen LogP contribution is 2.25. The lowest BCUT2D eigenvalue weighted by molar-refractivity contribution is -0.124. The van der Waals surface area contributed by atoms with Gasteiger partial charge in [-0.05, 0) is 38.0 Å². The molecule has 0 bridgehead atoms. The van der Waals surface area contributed by atoms with Gasteiger partial charge in [-0.25, -0.2) is 4.98 Å². The Bertz CT molecular complexity index is 897. The van der Waals surface area contributed by atoms with Gasteiger partial charge in [0.05, 0.1) is 5.52 Å². The third kappa shape index (κ3) is 2.88. The second-order valence-corrected chi connectivity index (χ2v) is 6.02. The summed E-state index contributed by atoms with van der Waals surface area (Å²) >= 11 is 0. The fourth-order valence-electron chi connectivity index (χ4n) is 2.95. The van der Waals surface area contributed by atoms with E-state index in [1.807, 2.05) is 31.2 Å². The number of anilines is 1. The van der Waals surface area contributed by atoms with Crippen LogP contribution < -0.4 is 5.32 Å². The number of carbonyl (C=O) groups excluding carboxylic acids is 1. The average molecular weight is 322 g/mol. The molecule has 0 aromatic carbocycles. The molecule has 1 atom stereocenters. The van der Waals surface area contributed by atoms with E-state index in [4.69, 9.17) is 4.74 Å². The molecule has 1 saturated heterocycles. The molecule has 0 aliphatic carbocycles. The lowest BCUT2D eigenvalue weighted by Gasteiger charge is -2.09. The molecular formula is C18H18N4O2. The van der Waals surface area contributed by atoms with Crippen molar-refractivity contribution < 1.29 is 9.53 Å². The highest BCUT2D eigenvalue weighted by atomic mass is 16.5. The Morgan fingerprint density at radius 1 is 1.33 bits per heavy atom. The van der Waals surface area contributed by atoms with Gasteiger partial charge in [-0.2, -0.15) is 0 Å². The van der Waals surface area contributed by atoms with Crippen molar-refractivity contribution in [3.05, 3.63) is 42.4 Å². The number of ether oxygens (including phenoxy) is 1. The first kappa shape index (κ1) is 14.8. The maximum Gasteiger partial charge on any atom is 0.254 e. The topological polar surface area (TPSA) is 79.9 Å². The number of carbonyl (C=O) groups is 1. The molecule has 1 aliphatic heterocycles. The van der Waals surface area contributed by atoms with Crippen LogP contribution in [0.15, 0.2) is 36.7 Å². The fourth-order valence-corrected chi connectivity index (χ4v) is 2.95. The molecule has 0 radical (unpaired) electrons. The first-order valence-corrected chi connectivity index (χ1v) is 8.03. The zero-order valence-corrected chi connectivity index (χ0v) is 13.4. The molecular weight excluding hydrogens is 304 g/mol. The van der Waals surface area contributed by atoms with Crippen LogP contribution in [0.5, 0.6) is 0 Å². The second kappa shape index (κ2) is 6.05. The van der Waals surface area contributed by atoms with Crippen molar-refractivity contribution >= 4 is 22.6 Å². The van der Waals surface area contributed by atoms with Crippen molar-refractivity contribution in [3.8, 4) is 11.3 Å². The molecule has 1 aliphatic rings. The van der Waals surface area contributed by atoms with Gasteiger partial charge in [-0.3, -0.25) is 9.78 Å². The van der Waals surface area contributed by atoms with E-state index < -0.39 is 0 Å². The highest BCUT2D eigenvalue weighted by molar-refractivity contribution is 5.95. The molecule has 122 valence electrons. The molecule has 1 fully saturated rings. The number of fused-ring (bicyclic) bond motifs is 1. The minimum atomic E-state index is -0.360. The monoisotopic (exact) mass is 322 g/mol. The van der Waals surface area contributed by atoms with Gasteiger partial charge < -0.3 is 15.0 Å². The van der Waals surface area contributed by atoms with Crippen LogP contribution in [0.3, 0.4) is 0 Å². The first-order valence-electron chi connectivity index (χ1n) is 8.03. The van der Waals surface area contributed by atoms with E-state index >= 15 is 0 Å². The molecule has 3 aromatic heterocycles. The fraction of sp³-hybridized carbons (Fsp3) is 0.278. The van der Waals surface area contributed by atoms with Crippen LogP contribution in [0.4, 0.5) is 5.82 Å². The van der Waals surface area contributed by atoms with Gasteiger partial charge in [0.2, 0.25) is 0 Å². The molecule has 4 rings (SSSR count). The number of nitrogens with zero attached hydrogens (tertiary/aromatic N) is 2. The van der Waals surface area contributed by atoms with E-state index in [1.54, 1.807) is 12.4 Å². The minimum absolute atomic E-state index is 0.129. The zero-order valence-electron chi connectivity index (χ0n) is 13.4. The van der Waals surface area contributed by atoms with Crippen molar-refractivity contribution in [2.24, 2.45) is 0 Å². The van der Waals surface area contributed by atoms with Gasteiger partial charge in [0.15, 0.2) is 0 Å². The molecule has 0 saturated carbocycles. The van der Waals surface area contributed by atoms with E-state index in [1.165, 1.54) is 0 Å². The van der Waals surface area contributed by atoms with Gasteiger partial charge in [-0.15, -0.1) is 0 Å². The lowest BCUT2D eigenvalue weighted by Crippen LogP contribution is -2.27. The largest absolute Gasteiger partial charge is 0.368 e. The summed E-state index contributed by atoms with van der Waals surface area (Å²) in [4.78, 5) is 24.0. The number of amides is 1. The Morgan fingerprint density at radius 3 is 3.04 bits per heavy atom. The smallest absolute Gasteiger partial charge is 0.254 e. The summed E-state index contributed by atoms with van der Waals surface area (Å²) in [5.41, 5.74) is 3.97. The van der Waals surface area contributed by atoms with Crippen LogP contribution in [0.25, 0.3) is 22.2 Å². The molecule has 6 nitrogen and oxygen atoms in total. The normalized spacial score (nSPS) is 17.3. The van der Waals surface area contributed by atoms with Gasteiger partial charge in [0.1, 0.15) is 11.9 Å². The van der Waals surface area contributed by atoms with Crippen molar-refractivity contribution in [1.82, 2.24) is 15.0 Å². The summed E-state index contributed by atoms with van der Waals surface area (Å²) in [5, 5.41) is 3.82. The molecule has 1 amide bonds. The van der Waals surface area contributed by atoms with Crippen LogP contribution in [0.2, 0.25) is 0 Å². The van der Waals surface area contributed by atoms with Crippen LogP contribution in [-0.2, 0) is 9.53 Å². The molecule has 6 heteroatoms. The number of H-pyrrole nitrogens is 1. The Morgan fingerprint density at radius 2 is 2.25 bits per heavy atom. The van der Waals surface area contributed by atoms with Crippen LogP contribution in [0.1, 0.15) is 18.5 Å². The van der Waals surface area contributed by atoms with E-state index in [0.29, 0.717) is 12.4 Å². The van der Waals surface area contributed by atoms with E-state index in [0.717, 1.165) is 40.7 Å². The maximum atomic E-state index is 12.1. The number of hydrogen-bond donors (Lipinski definition) is 2. The number of aromatic nitrogens is 3. The van der Waals surface area contributed by atoms with Crippen molar-refractivity contribution in [2.75, 3.05) is 11.9 Å². The SMILES string of the molecule is Cc1cc(-c2cc3cnc(NC(=O)[C@H]4CCCO4)cc3[nH]2)ccn1. The number of hydrogen-bond acceptors (Lipinski definition) is 4. The van der Waals surface area contributed by atoms with Crippen molar-refractivity contribution in [1.29, 1.82) is 0 Å². The number of rotatable bonds is 3. The standard InChI is InChI=1S/C18H18N4O2/c1-11-7-12(4-5-19-11)14-8-13-10-20-17(9-15(13)21-14)22-18(23)16-3-2-6-24-16/h4-5,7-10,16,21H,2-3,6H2,1H3,(H,20,22,23)/t16-/m1/s1. The minimum Gasteiger partial charge on any atom is -0.368 e. The summed E-state index contributed by atoms with van der Waals surface area (Å²) in [6, 6.07) is 7.88. The number of nitrogens with one attached hydrogen (secondary N) is 2. The van der Waals surface area contributed by atoms with Gasteiger partial charge in [-0.1, -0.05) is 0 Å². The summed E-state index contributed by atoms with van der Waals surface area (Å²) in [7, 11) is 0. The number of pyridine rings is 2. The molecule has 24 heavy (non-hydrogen) atoms. The van der Waals surface area contributed by atoms with E-state index in [-0.39, 0.29) is 12.0 Å². The molecule has 0 spiro atoms. The van der Waals surface area contributed by atoms with E-state index in [9.17, 15) is 4.79 Å². The number of aryl methyl sites for hydroxylation is 1. The molecule has 3 aromatic rings. The van der Waals surface area contributed by atoms with Crippen molar-refractivity contribution in [3.63, 3.8) is 0 Å². The molecule has 0 unspecified atom stereocenters. The van der Waals surface area contributed by atoms with Crippen LogP contribution in [-0.4, -0.2) is 33.6 Å². The Labute approximate surface area is 139 Å². The third-order valence-electron chi connectivity index (χ3n) is 4.19. The predicted molar refractivity (Wildman–Crippen MR) is 91.7 cm³/mol. The van der Waals surface area contributed by atoms with E-state index in [2.05, 4.69) is 20.3 Å². The molecule has 2 N–H and O–H groups in total. The lowest BCUT2D eigenvalue weighted by atomic mass is 10.2. The zero-order chi connectivity index (χ0) is 16.5.